The van der Waals surface area contributed by atoms with Gasteiger partial charge in [0.2, 0.25) is 5.91 Å². The van der Waals surface area contributed by atoms with Crippen molar-refractivity contribution >= 4 is 5.91 Å². The van der Waals surface area contributed by atoms with Gasteiger partial charge in [0.25, 0.3) is 0 Å². The minimum absolute atomic E-state index is 0.131. The molecule has 3 rings (SSSR count). The van der Waals surface area contributed by atoms with Crippen LogP contribution in [0.25, 0.3) is 0 Å². The molecular weight excluding hydrogens is 357 g/mol. The molecule has 0 radical (unpaired) electrons. The third-order valence-electron chi connectivity index (χ3n) is 5.44. The summed E-state index contributed by atoms with van der Waals surface area (Å²) in [5, 5.41) is 4.34. The molecule has 0 unspecified atom stereocenters. The third kappa shape index (κ3) is 4.76. The van der Waals surface area contributed by atoms with E-state index in [1.54, 1.807) is 10.7 Å². The summed E-state index contributed by atoms with van der Waals surface area (Å²) in [6.45, 7) is 11.4. The maximum atomic E-state index is 14.0. The molecule has 6 nitrogen and oxygen atoms in total. The van der Waals surface area contributed by atoms with Crippen LogP contribution in [0.3, 0.4) is 0 Å². The molecule has 1 aromatic heterocycles. The lowest BCUT2D eigenvalue weighted by molar-refractivity contribution is -0.138. The van der Waals surface area contributed by atoms with Crippen LogP contribution in [0, 0.1) is 25.6 Å². The van der Waals surface area contributed by atoms with Gasteiger partial charge in [0.1, 0.15) is 17.5 Å². The first-order valence-electron chi connectivity index (χ1n) is 9.98. The van der Waals surface area contributed by atoms with Crippen molar-refractivity contribution < 1.29 is 9.18 Å². The Morgan fingerprint density at radius 2 is 2.00 bits per heavy atom. The Kier molecular flexibility index (Phi) is 6.44. The quantitative estimate of drug-likeness (QED) is 0.765. The fourth-order valence-corrected chi connectivity index (χ4v) is 3.88. The highest BCUT2D eigenvalue weighted by atomic mass is 19.1. The van der Waals surface area contributed by atoms with Crippen LogP contribution in [0.15, 0.2) is 24.3 Å². The molecule has 2 aromatic rings. The fraction of sp³-hybridized carbons (Fsp3) is 0.571. The predicted octanol–water partition coefficient (Wildman–Crippen LogP) is 2.79. The number of hydrogen-bond acceptors (Lipinski definition) is 4. The Balaban J connectivity index is 1.61. The van der Waals surface area contributed by atoms with Crippen LogP contribution in [0.2, 0.25) is 0 Å². The number of benzene rings is 1. The minimum atomic E-state index is -0.166. The van der Waals surface area contributed by atoms with Crippen molar-refractivity contribution in [1.82, 2.24) is 24.6 Å². The highest BCUT2D eigenvalue weighted by molar-refractivity contribution is 5.76. The Hall–Kier alpha value is -2.28. The molecule has 1 aromatic carbocycles. The first-order chi connectivity index (χ1) is 13.3. The largest absolute Gasteiger partial charge is 0.337 e. The average Bonchev–Trinajstić information content (AvgIpc) is 2.98. The maximum Gasteiger partial charge on any atom is 0.224 e. The van der Waals surface area contributed by atoms with Gasteiger partial charge >= 0.3 is 0 Å². The van der Waals surface area contributed by atoms with Gasteiger partial charge in [-0.25, -0.2) is 14.1 Å². The SMILES string of the molecule is Cc1nc(C)n(CCC(=O)N2CCN(Cc3ccccc3F)C[C@@H]2C(C)C)n1. The van der Waals surface area contributed by atoms with Gasteiger partial charge in [-0.05, 0) is 25.8 Å². The smallest absolute Gasteiger partial charge is 0.224 e. The molecular formula is C21H30FN5O. The molecule has 0 bridgehead atoms. The molecule has 1 aliphatic heterocycles. The number of carbonyl (C=O) groups excluding carboxylic acids is 1. The van der Waals surface area contributed by atoms with Crippen molar-refractivity contribution in [2.24, 2.45) is 5.92 Å². The summed E-state index contributed by atoms with van der Waals surface area (Å²) < 4.78 is 15.8. The lowest BCUT2D eigenvalue weighted by Crippen LogP contribution is -2.56. The van der Waals surface area contributed by atoms with Gasteiger partial charge in [-0.2, -0.15) is 5.10 Å². The number of aryl methyl sites for hydroxylation is 3. The Bertz CT molecular complexity index is 819. The maximum absolute atomic E-state index is 14.0. The molecule has 2 heterocycles. The van der Waals surface area contributed by atoms with Gasteiger partial charge < -0.3 is 4.90 Å². The number of piperazine rings is 1. The Morgan fingerprint density at radius 1 is 1.25 bits per heavy atom. The fourth-order valence-electron chi connectivity index (χ4n) is 3.88. The molecule has 7 heteroatoms. The van der Waals surface area contributed by atoms with Crippen molar-refractivity contribution in [3.63, 3.8) is 0 Å². The van der Waals surface area contributed by atoms with Crippen molar-refractivity contribution in [2.75, 3.05) is 19.6 Å². The van der Waals surface area contributed by atoms with Gasteiger partial charge in [0.05, 0.1) is 6.54 Å². The second-order valence-corrected chi connectivity index (χ2v) is 7.90. The summed E-state index contributed by atoms with van der Waals surface area (Å²) in [5.74, 6) is 1.88. The summed E-state index contributed by atoms with van der Waals surface area (Å²) in [5.41, 5.74) is 0.710. The molecule has 1 atom stereocenters. The average molecular weight is 388 g/mol. The van der Waals surface area contributed by atoms with Crippen LogP contribution >= 0.6 is 0 Å². The van der Waals surface area contributed by atoms with Crippen LogP contribution in [0.4, 0.5) is 4.39 Å². The topological polar surface area (TPSA) is 54.3 Å². The van der Waals surface area contributed by atoms with E-state index in [0.29, 0.717) is 37.5 Å². The summed E-state index contributed by atoms with van der Waals surface area (Å²) in [4.78, 5) is 21.5. The van der Waals surface area contributed by atoms with Gasteiger partial charge in [-0.15, -0.1) is 0 Å². The van der Waals surface area contributed by atoms with Gasteiger partial charge in [-0.1, -0.05) is 32.0 Å². The van der Waals surface area contributed by atoms with E-state index < -0.39 is 0 Å². The van der Waals surface area contributed by atoms with Crippen LogP contribution in [0.5, 0.6) is 0 Å². The Labute approximate surface area is 166 Å². The highest BCUT2D eigenvalue weighted by Gasteiger charge is 2.32. The zero-order valence-electron chi connectivity index (χ0n) is 17.2. The van der Waals surface area contributed by atoms with Crippen molar-refractivity contribution in [1.29, 1.82) is 0 Å². The van der Waals surface area contributed by atoms with Crippen LogP contribution in [0.1, 0.15) is 37.5 Å². The zero-order valence-corrected chi connectivity index (χ0v) is 17.2. The van der Waals surface area contributed by atoms with E-state index >= 15 is 0 Å². The van der Waals surface area contributed by atoms with E-state index in [0.717, 1.165) is 24.7 Å². The van der Waals surface area contributed by atoms with Crippen LogP contribution < -0.4 is 0 Å². The molecule has 0 saturated carbocycles. The molecule has 1 aliphatic rings. The lowest BCUT2D eigenvalue weighted by Gasteiger charge is -2.43. The molecule has 152 valence electrons. The standard InChI is InChI=1S/C21H30FN5O/c1-15(2)20-14-25(13-18-7-5-6-8-19(18)22)11-12-26(20)21(28)9-10-27-17(4)23-16(3)24-27/h5-8,15,20H,9-14H2,1-4H3/t20-/m1/s1. The molecule has 0 spiro atoms. The number of carbonyl (C=O) groups is 1. The number of nitrogens with zero attached hydrogens (tertiary/aromatic N) is 5. The second-order valence-electron chi connectivity index (χ2n) is 7.90. The van der Waals surface area contributed by atoms with E-state index in [9.17, 15) is 9.18 Å². The van der Waals surface area contributed by atoms with Crippen LogP contribution in [-0.2, 0) is 17.9 Å². The Morgan fingerprint density at radius 3 is 2.64 bits per heavy atom. The molecule has 28 heavy (non-hydrogen) atoms. The summed E-state index contributed by atoms with van der Waals surface area (Å²) in [6, 6.07) is 7.05. The van der Waals surface area contributed by atoms with Crippen molar-refractivity contribution in [2.45, 2.75) is 53.2 Å². The van der Waals surface area contributed by atoms with E-state index in [1.165, 1.54) is 6.07 Å². The zero-order chi connectivity index (χ0) is 20.3. The van der Waals surface area contributed by atoms with Crippen molar-refractivity contribution in [3.05, 3.63) is 47.3 Å². The number of halogens is 1. The van der Waals surface area contributed by atoms with E-state index in [4.69, 9.17) is 0 Å². The van der Waals surface area contributed by atoms with Crippen LogP contribution in [-0.4, -0.2) is 56.1 Å². The van der Waals surface area contributed by atoms with Gasteiger partial charge in [0, 0.05) is 44.2 Å². The minimum Gasteiger partial charge on any atom is -0.337 e. The monoisotopic (exact) mass is 387 g/mol. The molecule has 1 saturated heterocycles. The van der Waals surface area contributed by atoms with Gasteiger partial charge in [-0.3, -0.25) is 9.69 Å². The number of amides is 1. The summed E-state index contributed by atoms with van der Waals surface area (Å²) >= 11 is 0. The van der Waals surface area contributed by atoms with E-state index in [1.807, 2.05) is 30.9 Å². The van der Waals surface area contributed by atoms with Gasteiger partial charge in [0.15, 0.2) is 0 Å². The number of hydrogen-bond donors (Lipinski definition) is 0. The van der Waals surface area contributed by atoms with E-state index in [-0.39, 0.29) is 17.8 Å². The molecule has 0 N–H and O–H groups in total. The molecule has 1 fully saturated rings. The molecule has 1 amide bonds. The van der Waals surface area contributed by atoms with Crippen molar-refractivity contribution in [3.8, 4) is 0 Å². The van der Waals surface area contributed by atoms with E-state index in [2.05, 4.69) is 28.8 Å². The lowest BCUT2D eigenvalue weighted by atomic mass is 9.98. The second kappa shape index (κ2) is 8.82. The summed E-state index contributed by atoms with van der Waals surface area (Å²) in [7, 11) is 0. The normalized spacial score (nSPS) is 18.1. The third-order valence-corrected chi connectivity index (χ3v) is 5.44. The summed E-state index contributed by atoms with van der Waals surface area (Å²) in [6.07, 6.45) is 0.417. The first kappa shape index (κ1) is 20.5. The predicted molar refractivity (Wildman–Crippen MR) is 106 cm³/mol. The first-order valence-corrected chi connectivity index (χ1v) is 9.98. The number of rotatable bonds is 6. The molecule has 0 aliphatic carbocycles. The number of aromatic nitrogens is 3. The highest BCUT2D eigenvalue weighted by Crippen LogP contribution is 2.21.